The van der Waals surface area contributed by atoms with E-state index in [9.17, 15) is 0 Å². The van der Waals surface area contributed by atoms with Crippen LogP contribution in [0.5, 0.6) is 0 Å². The molecule has 0 saturated carbocycles. The molecule has 0 aliphatic carbocycles. The minimum absolute atomic E-state index is 0.0250. The van der Waals surface area contributed by atoms with E-state index in [0.717, 1.165) is 12.1 Å². The van der Waals surface area contributed by atoms with Crippen LogP contribution in [0.4, 0.5) is 0 Å². The van der Waals surface area contributed by atoms with Gasteiger partial charge in [-0.05, 0) is 18.9 Å². The Kier molecular flexibility index (Phi) is 3.06. The van der Waals surface area contributed by atoms with Crippen LogP contribution < -0.4 is 5.73 Å². The van der Waals surface area contributed by atoms with Crippen molar-refractivity contribution in [2.45, 2.75) is 19.4 Å². The predicted octanol–water partition coefficient (Wildman–Crippen LogP) is 1.97. The van der Waals surface area contributed by atoms with Crippen LogP contribution in [0.2, 0.25) is 0 Å². The molecule has 2 N–H and O–H groups in total. The van der Waals surface area contributed by atoms with Gasteiger partial charge in [-0.2, -0.15) is 0 Å². The van der Waals surface area contributed by atoms with Gasteiger partial charge in [0, 0.05) is 13.2 Å². The van der Waals surface area contributed by atoms with Crippen LogP contribution in [-0.2, 0) is 13.5 Å². The van der Waals surface area contributed by atoms with E-state index in [2.05, 4.69) is 36.2 Å². The van der Waals surface area contributed by atoms with Crippen molar-refractivity contribution in [3.63, 3.8) is 0 Å². The van der Waals surface area contributed by atoms with E-state index in [1.54, 1.807) is 6.33 Å². The lowest BCUT2D eigenvalue weighted by Gasteiger charge is -2.09. The van der Waals surface area contributed by atoms with Crippen molar-refractivity contribution in [3.05, 3.63) is 53.6 Å². The van der Waals surface area contributed by atoms with E-state index < -0.39 is 0 Å². The number of aryl methyl sites for hydroxylation is 2. The van der Waals surface area contributed by atoms with Crippen molar-refractivity contribution >= 4 is 0 Å². The fourth-order valence-corrected chi connectivity index (χ4v) is 1.82. The summed E-state index contributed by atoms with van der Waals surface area (Å²) in [6.07, 6.45) is 4.59. The topological polar surface area (TPSA) is 43.8 Å². The van der Waals surface area contributed by atoms with Gasteiger partial charge in [-0.25, -0.2) is 4.98 Å². The van der Waals surface area contributed by atoms with Crippen LogP contribution in [-0.4, -0.2) is 9.55 Å². The van der Waals surface area contributed by atoms with Crippen molar-refractivity contribution in [1.82, 2.24) is 9.55 Å². The zero-order valence-electron chi connectivity index (χ0n) is 9.72. The van der Waals surface area contributed by atoms with Crippen molar-refractivity contribution in [2.24, 2.45) is 12.8 Å². The van der Waals surface area contributed by atoms with Crippen molar-refractivity contribution in [1.29, 1.82) is 0 Å². The third kappa shape index (κ3) is 2.49. The number of benzene rings is 1. The number of hydrogen-bond acceptors (Lipinski definition) is 2. The van der Waals surface area contributed by atoms with Gasteiger partial charge in [0.25, 0.3) is 0 Å². The zero-order valence-corrected chi connectivity index (χ0v) is 9.72. The Morgan fingerprint density at radius 2 is 2.25 bits per heavy atom. The maximum absolute atomic E-state index is 6.11. The SMILES string of the molecule is Cc1cccc(CC(N)c2cn(C)cn2)c1. The Balaban J connectivity index is 2.10. The molecule has 1 aromatic heterocycles. The quantitative estimate of drug-likeness (QED) is 0.850. The van der Waals surface area contributed by atoms with Gasteiger partial charge in [-0.1, -0.05) is 29.8 Å². The predicted molar refractivity (Wildman–Crippen MR) is 65.0 cm³/mol. The molecule has 0 saturated heterocycles. The largest absolute Gasteiger partial charge is 0.340 e. The molecule has 0 bridgehead atoms. The second-order valence-corrected chi connectivity index (χ2v) is 4.26. The Labute approximate surface area is 95.9 Å². The van der Waals surface area contributed by atoms with Gasteiger partial charge < -0.3 is 10.3 Å². The lowest BCUT2D eigenvalue weighted by molar-refractivity contribution is 0.700. The third-order valence-electron chi connectivity index (χ3n) is 2.64. The number of rotatable bonds is 3. The van der Waals surface area contributed by atoms with Crippen LogP contribution in [0.3, 0.4) is 0 Å². The van der Waals surface area contributed by atoms with Crippen molar-refractivity contribution < 1.29 is 0 Å². The molecule has 0 fully saturated rings. The highest BCUT2D eigenvalue weighted by Gasteiger charge is 2.09. The lowest BCUT2D eigenvalue weighted by atomic mass is 10.0. The van der Waals surface area contributed by atoms with Gasteiger partial charge in [0.15, 0.2) is 0 Å². The molecule has 1 atom stereocenters. The molecule has 3 heteroatoms. The molecule has 84 valence electrons. The molecule has 0 amide bonds. The molecule has 0 spiro atoms. The van der Waals surface area contributed by atoms with Gasteiger partial charge in [0.05, 0.1) is 18.1 Å². The number of nitrogens with two attached hydrogens (primary N) is 1. The fourth-order valence-electron chi connectivity index (χ4n) is 1.82. The summed E-state index contributed by atoms with van der Waals surface area (Å²) < 4.78 is 1.92. The number of hydrogen-bond donors (Lipinski definition) is 1. The molecular weight excluding hydrogens is 198 g/mol. The lowest BCUT2D eigenvalue weighted by Crippen LogP contribution is -2.13. The van der Waals surface area contributed by atoms with E-state index in [1.807, 2.05) is 17.8 Å². The minimum Gasteiger partial charge on any atom is -0.340 e. The fraction of sp³-hybridized carbons (Fsp3) is 0.308. The van der Waals surface area contributed by atoms with Gasteiger partial charge >= 0.3 is 0 Å². The Morgan fingerprint density at radius 1 is 1.44 bits per heavy atom. The Bertz CT molecular complexity index is 474. The average Bonchev–Trinajstić information content (AvgIpc) is 2.65. The van der Waals surface area contributed by atoms with E-state index in [1.165, 1.54) is 11.1 Å². The highest BCUT2D eigenvalue weighted by atomic mass is 15.0. The molecule has 1 aromatic carbocycles. The molecular formula is C13H17N3. The van der Waals surface area contributed by atoms with E-state index >= 15 is 0 Å². The zero-order chi connectivity index (χ0) is 11.5. The van der Waals surface area contributed by atoms with E-state index in [4.69, 9.17) is 5.73 Å². The van der Waals surface area contributed by atoms with E-state index in [0.29, 0.717) is 0 Å². The molecule has 2 aromatic rings. The highest BCUT2D eigenvalue weighted by molar-refractivity contribution is 5.24. The molecule has 0 radical (unpaired) electrons. The van der Waals surface area contributed by atoms with Crippen LogP contribution in [0, 0.1) is 6.92 Å². The molecule has 0 aliphatic rings. The Morgan fingerprint density at radius 3 is 2.88 bits per heavy atom. The summed E-state index contributed by atoms with van der Waals surface area (Å²) in [6.45, 7) is 2.09. The Hall–Kier alpha value is -1.61. The second-order valence-electron chi connectivity index (χ2n) is 4.26. The molecule has 3 nitrogen and oxygen atoms in total. The standard InChI is InChI=1S/C13H17N3/c1-10-4-3-5-11(6-10)7-12(14)13-8-16(2)9-15-13/h3-6,8-9,12H,7,14H2,1-2H3. The summed E-state index contributed by atoms with van der Waals surface area (Å²) in [7, 11) is 1.95. The smallest absolute Gasteiger partial charge is 0.0947 e. The molecule has 1 unspecified atom stereocenters. The van der Waals surface area contributed by atoms with Crippen molar-refractivity contribution in [3.8, 4) is 0 Å². The molecule has 0 aliphatic heterocycles. The first-order valence-corrected chi connectivity index (χ1v) is 5.44. The van der Waals surface area contributed by atoms with Gasteiger partial charge in [0.2, 0.25) is 0 Å². The van der Waals surface area contributed by atoms with Crippen LogP contribution in [0.15, 0.2) is 36.8 Å². The number of aromatic nitrogens is 2. The highest BCUT2D eigenvalue weighted by Crippen LogP contribution is 2.14. The van der Waals surface area contributed by atoms with Crippen LogP contribution in [0.25, 0.3) is 0 Å². The normalized spacial score (nSPS) is 12.7. The van der Waals surface area contributed by atoms with Gasteiger partial charge in [-0.3, -0.25) is 0 Å². The summed E-state index contributed by atoms with van der Waals surface area (Å²) in [4.78, 5) is 4.27. The maximum Gasteiger partial charge on any atom is 0.0947 e. The first-order chi connectivity index (χ1) is 7.65. The monoisotopic (exact) mass is 215 g/mol. The number of imidazole rings is 1. The summed E-state index contributed by atoms with van der Waals surface area (Å²) in [5.41, 5.74) is 9.59. The molecule has 2 rings (SSSR count). The minimum atomic E-state index is -0.0250. The first kappa shape index (κ1) is 10.9. The van der Waals surface area contributed by atoms with Crippen LogP contribution >= 0.6 is 0 Å². The first-order valence-electron chi connectivity index (χ1n) is 5.44. The summed E-state index contributed by atoms with van der Waals surface area (Å²) in [5, 5.41) is 0. The maximum atomic E-state index is 6.11. The average molecular weight is 215 g/mol. The summed E-state index contributed by atoms with van der Waals surface area (Å²) >= 11 is 0. The molecule has 16 heavy (non-hydrogen) atoms. The van der Waals surface area contributed by atoms with Gasteiger partial charge in [0.1, 0.15) is 0 Å². The summed E-state index contributed by atoms with van der Waals surface area (Å²) in [5.74, 6) is 0. The third-order valence-corrected chi connectivity index (χ3v) is 2.64. The van der Waals surface area contributed by atoms with E-state index in [-0.39, 0.29) is 6.04 Å². The van der Waals surface area contributed by atoms with Gasteiger partial charge in [-0.15, -0.1) is 0 Å². The van der Waals surface area contributed by atoms with Crippen molar-refractivity contribution in [2.75, 3.05) is 0 Å². The van der Waals surface area contributed by atoms with Crippen LogP contribution in [0.1, 0.15) is 22.9 Å². The number of nitrogens with zero attached hydrogens (tertiary/aromatic N) is 2. The molecule has 1 heterocycles. The second kappa shape index (κ2) is 4.49. The summed E-state index contributed by atoms with van der Waals surface area (Å²) in [6, 6.07) is 8.41.